The molecule has 1 aliphatic heterocycles. The number of epoxide rings is 1. The molecule has 9 heteroatoms. The molecule has 7 nitrogen and oxygen atoms in total. The maximum absolute atomic E-state index is 12.2. The Labute approximate surface area is 182 Å². The molecule has 6 atom stereocenters. The number of aliphatic hydroxyl groups is 1. The molecule has 0 radical (unpaired) electrons. The number of thioether (sulfide) groups is 1. The van der Waals surface area contributed by atoms with Crippen LogP contribution in [0.2, 0.25) is 0 Å². The van der Waals surface area contributed by atoms with Gasteiger partial charge in [-0.1, -0.05) is 11.6 Å². The van der Waals surface area contributed by atoms with Crippen LogP contribution in [0.25, 0.3) is 0 Å². The lowest BCUT2D eigenvalue weighted by molar-refractivity contribution is -0.137. The number of urea groups is 1. The van der Waals surface area contributed by atoms with E-state index in [2.05, 4.69) is 16.7 Å². The van der Waals surface area contributed by atoms with Crippen LogP contribution in [0.15, 0.2) is 11.6 Å². The van der Waals surface area contributed by atoms with E-state index in [1.165, 1.54) is 5.57 Å². The second-order valence-corrected chi connectivity index (χ2v) is 9.46. The van der Waals surface area contributed by atoms with Gasteiger partial charge in [0.15, 0.2) is 0 Å². The highest BCUT2D eigenvalue weighted by Gasteiger charge is 2.67. The molecular formula is C20H33ClN2O5S. The fraction of sp³-hybridized carbons (Fsp3) is 0.800. The van der Waals surface area contributed by atoms with Gasteiger partial charge in [-0.25, -0.2) is 4.79 Å². The summed E-state index contributed by atoms with van der Waals surface area (Å²) < 4.78 is 11.9. The second-order valence-electron chi connectivity index (χ2n) is 8.32. The van der Waals surface area contributed by atoms with Gasteiger partial charge >= 0.3 is 6.03 Å². The van der Waals surface area contributed by atoms with E-state index in [1.807, 2.05) is 27.0 Å². The summed E-state index contributed by atoms with van der Waals surface area (Å²) in [5.41, 5.74) is -0.316. The third-order valence-electron chi connectivity index (χ3n) is 5.89. The number of halogens is 1. The van der Waals surface area contributed by atoms with Crippen molar-refractivity contribution in [1.29, 1.82) is 0 Å². The average molecular weight is 449 g/mol. The Hall–Kier alpha value is -0.800. The number of ether oxygens (including phenoxy) is 2. The molecule has 2 aliphatic rings. The number of hydrogen-bond acceptors (Lipinski definition) is 6. The van der Waals surface area contributed by atoms with Gasteiger partial charge in [-0.2, -0.15) is 11.8 Å². The highest BCUT2D eigenvalue weighted by Crippen LogP contribution is 2.54. The molecule has 6 unspecified atom stereocenters. The Morgan fingerprint density at radius 2 is 2.10 bits per heavy atom. The number of amides is 3. The first kappa shape index (κ1) is 24.5. The highest BCUT2D eigenvalue weighted by atomic mass is 35.5. The first-order valence-corrected chi connectivity index (χ1v) is 11.8. The van der Waals surface area contributed by atoms with Gasteiger partial charge < -0.3 is 19.9 Å². The Balaban J connectivity index is 2.23. The number of allylic oxidation sites excluding steroid dienone is 1. The van der Waals surface area contributed by atoms with Gasteiger partial charge in [-0.3, -0.25) is 10.1 Å². The van der Waals surface area contributed by atoms with Crippen molar-refractivity contribution in [2.24, 2.45) is 5.92 Å². The Morgan fingerprint density at radius 3 is 2.66 bits per heavy atom. The largest absolute Gasteiger partial charge is 0.389 e. The molecule has 0 spiro atoms. The van der Waals surface area contributed by atoms with Gasteiger partial charge in [0.1, 0.15) is 11.5 Å². The van der Waals surface area contributed by atoms with Gasteiger partial charge in [0.05, 0.1) is 23.9 Å². The number of hydrogen-bond donors (Lipinski definition) is 3. The molecular weight excluding hydrogens is 416 g/mol. The van der Waals surface area contributed by atoms with Crippen molar-refractivity contribution in [3.8, 4) is 0 Å². The Bertz CT molecular complexity index is 644. The number of methoxy groups -OCH3 is 1. The van der Waals surface area contributed by atoms with Gasteiger partial charge in [-0.15, -0.1) is 11.6 Å². The van der Waals surface area contributed by atoms with E-state index < -0.39 is 29.2 Å². The van der Waals surface area contributed by atoms with E-state index in [1.54, 1.807) is 18.9 Å². The topological polar surface area (TPSA) is 100 Å². The molecule has 2 fully saturated rings. The standard InChI is InChI=1S/C20H33ClN2O5S/c1-12(2)6-7-14-19(3,28-14)17-16(27-4)13(8-9-20(17,26)11-29-5)22-18(25)23-15(24)10-21/h6,13-14,16-17,26H,7-11H2,1-5H3,(H2,22,23,24,25). The summed E-state index contributed by atoms with van der Waals surface area (Å²) in [6.07, 6.45) is 5.42. The summed E-state index contributed by atoms with van der Waals surface area (Å²) in [6.45, 7) is 6.10. The minimum atomic E-state index is -0.977. The van der Waals surface area contributed by atoms with Crippen molar-refractivity contribution >= 4 is 35.3 Å². The number of rotatable bonds is 8. The number of alkyl halides is 1. The molecule has 1 saturated carbocycles. The lowest BCUT2D eigenvalue weighted by Gasteiger charge is -2.49. The van der Waals surface area contributed by atoms with Crippen LogP contribution in [0.5, 0.6) is 0 Å². The monoisotopic (exact) mass is 448 g/mol. The molecule has 0 aromatic heterocycles. The van der Waals surface area contributed by atoms with E-state index in [0.717, 1.165) is 6.42 Å². The molecule has 1 heterocycles. The fourth-order valence-corrected chi connectivity index (χ4v) is 5.42. The van der Waals surface area contributed by atoms with Crippen LogP contribution in [-0.4, -0.2) is 71.5 Å². The van der Waals surface area contributed by atoms with Crippen molar-refractivity contribution in [3.05, 3.63) is 11.6 Å². The third kappa shape index (κ3) is 5.67. The minimum absolute atomic E-state index is 0.0150. The lowest BCUT2D eigenvalue weighted by Crippen LogP contribution is -2.64. The average Bonchev–Trinajstić information content (AvgIpc) is 3.31. The van der Waals surface area contributed by atoms with Gasteiger partial charge in [0.2, 0.25) is 5.91 Å². The molecule has 166 valence electrons. The van der Waals surface area contributed by atoms with Crippen molar-refractivity contribution in [3.63, 3.8) is 0 Å². The Kier molecular flexibility index (Phi) is 8.44. The van der Waals surface area contributed by atoms with Crippen LogP contribution in [0.3, 0.4) is 0 Å². The van der Waals surface area contributed by atoms with Crippen molar-refractivity contribution in [2.45, 2.75) is 69.5 Å². The predicted molar refractivity (Wildman–Crippen MR) is 115 cm³/mol. The van der Waals surface area contributed by atoms with Crippen molar-refractivity contribution in [1.82, 2.24) is 10.6 Å². The number of nitrogens with one attached hydrogen (secondary N) is 2. The Morgan fingerprint density at radius 1 is 1.41 bits per heavy atom. The zero-order valence-corrected chi connectivity index (χ0v) is 19.4. The summed E-state index contributed by atoms with van der Waals surface area (Å²) in [4.78, 5) is 23.6. The second kappa shape index (κ2) is 10.0. The zero-order chi connectivity index (χ0) is 21.8. The van der Waals surface area contributed by atoms with E-state index in [-0.39, 0.29) is 23.9 Å². The van der Waals surface area contributed by atoms with Crippen LogP contribution >= 0.6 is 23.4 Å². The first-order chi connectivity index (χ1) is 13.6. The van der Waals surface area contributed by atoms with E-state index >= 15 is 0 Å². The minimum Gasteiger partial charge on any atom is -0.389 e. The lowest BCUT2D eigenvalue weighted by atomic mass is 9.65. The smallest absolute Gasteiger partial charge is 0.321 e. The van der Waals surface area contributed by atoms with Crippen LogP contribution in [-0.2, 0) is 14.3 Å². The third-order valence-corrected chi connectivity index (χ3v) is 6.92. The van der Waals surface area contributed by atoms with E-state index in [4.69, 9.17) is 21.1 Å². The maximum Gasteiger partial charge on any atom is 0.321 e. The van der Waals surface area contributed by atoms with Crippen LogP contribution in [0.1, 0.15) is 40.0 Å². The molecule has 3 amide bonds. The SMILES string of the molecule is COC1C(NC(=O)NC(=O)CCl)CCC(O)(CSC)C1C1(C)OC1CC=C(C)C. The maximum atomic E-state index is 12.2. The summed E-state index contributed by atoms with van der Waals surface area (Å²) in [6, 6.07) is -0.972. The highest BCUT2D eigenvalue weighted by molar-refractivity contribution is 7.98. The van der Waals surface area contributed by atoms with Crippen LogP contribution in [0.4, 0.5) is 4.79 Å². The van der Waals surface area contributed by atoms with E-state index in [9.17, 15) is 14.7 Å². The van der Waals surface area contributed by atoms with E-state index in [0.29, 0.717) is 18.6 Å². The van der Waals surface area contributed by atoms with Gasteiger partial charge in [0.25, 0.3) is 0 Å². The van der Waals surface area contributed by atoms with Crippen LogP contribution in [0, 0.1) is 5.92 Å². The fourth-order valence-electron chi connectivity index (χ4n) is 4.52. The van der Waals surface area contributed by atoms with Gasteiger partial charge in [-0.05, 0) is 46.3 Å². The molecule has 2 rings (SSSR count). The quantitative estimate of drug-likeness (QED) is 0.299. The molecule has 0 aromatic rings. The summed E-state index contributed by atoms with van der Waals surface area (Å²) in [5, 5.41) is 16.6. The molecule has 3 N–H and O–H groups in total. The number of imide groups is 1. The molecule has 0 bridgehead atoms. The summed E-state index contributed by atoms with van der Waals surface area (Å²) in [7, 11) is 1.58. The predicted octanol–water partition coefficient (Wildman–Crippen LogP) is 2.45. The van der Waals surface area contributed by atoms with Crippen molar-refractivity contribution < 1.29 is 24.2 Å². The van der Waals surface area contributed by atoms with Gasteiger partial charge in [0, 0.05) is 18.8 Å². The summed E-state index contributed by atoms with van der Waals surface area (Å²) in [5.74, 6) is -0.635. The normalized spacial score (nSPS) is 36.2. The molecule has 0 aromatic carbocycles. The zero-order valence-electron chi connectivity index (χ0n) is 17.8. The number of carbonyl (C=O) groups excluding carboxylic acids is 2. The molecule has 1 saturated heterocycles. The first-order valence-electron chi connectivity index (χ1n) is 9.83. The number of carbonyl (C=O) groups is 2. The summed E-state index contributed by atoms with van der Waals surface area (Å²) >= 11 is 7.03. The van der Waals surface area contributed by atoms with Crippen molar-refractivity contribution in [2.75, 3.05) is 25.0 Å². The van der Waals surface area contributed by atoms with Crippen LogP contribution < -0.4 is 10.6 Å². The molecule has 1 aliphatic carbocycles. The molecule has 29 heavy (non-hydrogen) atoms.